The molecule has 3 aromatic rings. The monoisotopic (exact) mass is 355 g/mol. The van der Waals surface area contributed by atoms with Gasteiger partial charge in [0.1, 0.15) is 5.75 Å². The van der Waals surface area contributed by atoms with Crippen LogP contribution in [0.1, 0.15) is 23.3 Å². The lowest BCUT2D eigenvalue weighted by Gasteiger charge is -2.21. The van der Waals surface area contributed by atoms with Gasteiger partial charge in [-0.05, 0) is 36.8 Å². The van der Waals surface area contributed by atoms with E-state index in [2.05, 4.69) is 10.1 Å². The summed E-state index contributed by atoms with van der Waals surface area (Å²) in [4.78, 5) is 4.69. The number of para-hydroxylation sites is 1. The summed E-state index contributed by atoms with van der Waals surface area (Å²) in [6.07, 6.45) is 1.85. The number of nitrogens with zero attached hydrogens (tertiary/aromatic N) is 3. The van der Waals surface area contributed by atoms with E-state index in [9.17, 15) is 5.11 Å². The van der Waals surface area contributed by atoms with Crippen LogP contribution in [-0.4, -0.2) is 19.9 Å². The Bertz CT molecular complexity index is 934. The van der Waals surface area contributed by atoms with Crippen LogP contribution >= 0.6 is 23.4 Å². The number of aliphatic imine (C=N–C) groups is 1. The van der Waals surface area contributed by atoms with Crippen LogP contribution in [0.15, 0.2) is 59.7 Å². The van der Waals surface area contributed by atoms with Crippen molar-refractivity contribution in [2.24, 2.45) is 4.99 Å². The van der Waals surface area contributed by atoms with E-state index in [4.69, 9.17) is 11.6 Å². The second-order valence-electron chi connectivity index (χ2n) is 5.51. The molecule has 1 atom stereocenters. The molecule has 24 heavy (non-hydrogen) atoms. The molecule has 0 saturated heterocycles. The zero-order valence-electron chi connectivity index (χ0n) is 12.8. The van der Waals surface area contributed by atoms with Gasteiger partial charge in [-0.1, -0.05) is 47.6 Å². The maximum Gasteiger partial charge on any atom is 0.161 e. The lowest BCUT2D eigenvalue weighted by molar-refractivity contribution is 0.475. The number of phenolic OH excluding ortho intramolecular Hbond substituents is 1. The maximum absolute atomic E-state index is 9.52. The van der Waals surface area contributed by atoms with Gasteiger partial charge in [0.2, 0.25) is 0 Å². The van der Waals surface area contributed by atoms with Crippen LogP contribution in [-0.2, 0) is 0 Å². The van der Waals surface area contributed by atoms with Crippen molar-refractivity contribution in [3.8, 4) is 11.4 Å². The van der Waals surface area contributed by atoms with Gasteiger partial charge in [0.15, 0.2) is 5.82 Å². The number of aromatic hydroxyl groups is 1. The van der Waals surface area contributed by atoms with E-state index in [1.54, 1.807) is 28.6 Å². The second kappa shape index (κ2) is 6.00. The quantitative estimate of drug-likeness (QED) is 0.694. The predicted molar refractivity (Wildman–Crippen MR) is 98.9 cm³/mol. The lowest BCUT2D eigenvalue weighted by atomic mass is 10.1. The van der Waals surface area contributed by atoms with Crippen molar-refractivity contribution in [2.45, 2.75) is 12.2 Å². The number of rotatable bonds is 2. The Kier molecular flexibility index (Phi) is 3.82. The molecule has 2 heterocycles. The fourth-order valence-electron chi connectivity index (χ4n) is 2.76. The van der Waals surface area contributed by atoms with Gasteiger partial charge in [0.05, 0.1) is 27.2 Å². The fourth-order valence-corrected chi connectivity index (χ4v) is 4.04. The third-order valence-corrected chi connectivity index (χ3v) is 5.40. The molecule has 4 rings (SSSR count). The molecule has 1 aliphatic rings. The molecule has 1 N–H and O–H groups in total. The zero-order chi connectivity index (χ0) is 16.7. The minimum absolute atomic E-state index is 0.0920. The Morgan fingerprint density at radius 3 is 2.62 bits per heavy atom. The molecule has 0 aliphatic carbocycles. The molecule has 120 valence electrons. The second-order valence-corrected chi connectivity index (χ2v) is 7.21. The van der Waals surface area contributed by atoms with E-state index in [0.29, 0.717) is 5.02 Å². The smallest absolute Gasteiger partial charge is 0.161 e. The molecule has 0 amide bonds. The predicted octanol–water partition coefficient (Wildman–Crippen LogP) is 5.12. The third-order valence-electron chi connectivity index (χ3n) is 3.88. The highest BCUT2D eigenvalue weighted by molar-refractivity contribution is 8.14. The highest BCUT2D eigenvalue weighted by Gasteiger charge is 2.27. The molecule has 4 nitrogen and oxygen atoms in total. The largest absolute Gasteiger partial charge is 0.508 e. The summed E-state index contributed by atoms with van der Waals surface area (Å²) < 4.78 is 1.79. The first-order chi connectivity index (χ1) is 11.6. The number of hydrogen-bond donors (Lipinski definition) is 1. The number of phenols is 1. The lowest BCUT2D eigenvalue weighted by Crippen LogP contribution is -2.06. The first-order valence-electron chi connectivity index (χ1n) is 7.47. The molecule has 6 heteroatoms. The van der Waals surface area contributed by atoms with Gasteiger partial charge in [0.25, 0.3) is 0 Å². The Balaban J connectivity index is 1.85. The summed E-state index contributed by atoms with van der Waals surface area (Å²) in [7, 11) is 0. The van der Waals surface area contributed by atoms with Crippen molar-refractivity contribution in [3.63, 3.8) is 0 Å². The van der Waals surface area contributed by atoms with E-state index in [0.717, 1.165) is 27.7 Å². The first-order valence-corrected chi connectivity index (χ1v) is 8.73. The molecular weight excluding hydrogens is 342 g/mol. The van der Waals surface area contributed by atoms with Crippen molar-refractivity contribution in [1.29, 1.82) is 0 Å². The molecule has 2 aromatic carbocycles. The number of hydrogen-bond acceptors (Lipinski definition) is 4. The van der Waals surface area contributed by atoms with Gasteiger partial charge < -0.3 is 5.11 Å². The van der Waals surface area contributed by atoms with Crippen molar-refractivity contribution < 1.29 is 5.11 Å². The average molecular weight is 356 g/mol. The van der Waals surface area contributed by atoms with Crippen LogP contribution < -0.4 is 0 Å². The van der Waals surface area contributed by atoms with Crippen LogP contribution in [0.3, 0.4) is 0 Å². The minimum Gasteiger partial charge on any atom is -0.508 e. The van der Waals surface area contributed by atoms with E-state index >= 15 is 0 Å². The molecule has 1 aliphatic heterocycles. The summed E-state index contributed by atoms with van der Waals surface area (Å²) in [5.74, 6) is 1.06. The first kappa shape index (κ1) is 15.3. The van der Waals surface area contributed by atoms with Gasteiger partial charge in [-0.3, -0.25) is 0 Å². The Morgan fingerprint density at radius 2 is 1.88 bits per heavy atom. The van der Waals surface area contributed by atoms with Crippen LogP contribution in [0, 0.1) is 0 Å². The Morgan fingerprint density at radius 1 is 1.12 bits per heavy atom. The van der Waals surface area contributed by atoms with Crippen molar-refractivity contribution in [1.82, 2.24) is 9.78 Å². The summed E-state index contributed by atoms with van der Waals surface area (Å²) in [6.45, 7) is 1.99. The van der Waals surface area contributed by atoms with Gasteiger partial charge in [0, 0.05) is 5.56 Å². The summed E-state index contributed by atoms with van der Waals surface area (Å²) in [6, 6.07) is 14.9. The molecule has 0 fully saturated rings. The molecule has 1 aromatic heterocycles. The van der Waals surface area contributed by atoms with Crippen LogP contribution in [0.2, 0.25) is 5.02 Å². The van der Waals surface area contributed by atoms with Gasteiger partial charge in [-0.15, -0.1) is 0 Å². The van der Waals surface area contributed by atoms with E-state index in [-0.39, 0.29) is 11.0 Å². The minimum atomic E-state index is 0.0920. The fraction of sp³-hybridized carbons (Fsp3) is 0.111. The molecule has 0 radical (unpaired) electrons. The number of halogens is 1. The van der Waals surface area contributed by atoms with Gasteiger partial charge in [-0.25, -0.2) is 9.67 Å². The van der Waals surface area contributed by atoms with Crippen molar-refractivity contribution in [2.75, 3.05) is 0 Å². The average Bonchev–Trinajstić information content (AvgIpc) is 2.99. The van der Waals surface area contributed by atoms with Crippen LogP contribution in [0.25, 0.3) is 5.69 Å². The molecule has 0 unspecified atom stereocenters. The number of benzene rings is 2. The number of fused-ring (bicyclic) bond motifs is 1. The summed E-state index contributed by atoms with van der Waals surface area (Å²) in [5.41, 5.74) is 2.96. The van der Waals surface area contributed by atoms with Gasteiger partial charge >= 0.3 is 0 Å². The van der Waals surface area contributed by atoms with Gasteiger partial charge in [-0.2, -0.15) is 5.10 Å². The van der Waals surface area contributed by atoms with Crippen LogP contribution in [0.4, 0.5) is 5.82 Å². The molecule has 0 spiro atoms. The molecule has 0 saturated carbocycles. The van der Waals surface area contributed by atoms with E-state index in [1.807, 2.05) is 49.5 Å². The normalized spacial score (nSPS) is 16.6. The summed E-state index contributed by atoms with van der Waals surface area (Å²) >= 11 is 8.01. The highest BCUT2D eigenvalue weighted by Crippen LogP contribution is 2.46. The topological polar surface area (TPSA) is 50.4 Å². The standard InChI is InChI=1S/C18H14ClN3OS/c1-11-21-18-14(17(24-11)12-6-8-13(23)9-7-12)10-20-22(18)16-5-3-2-4-15(16)19/h2-10,17,23H,1H3/t17-/m1/s1. The Hall–Kier alpha value is -2.24. The van der Waals surface area contributed by atoms with E-state index < -0.39 is 0 Å². The zero-order valence-corrected chi connectivity index (χ0v) is 14.4. The summed E-state index contributed by atoms with van der Waals surface area (Å²) in [5, 5.41) is 15.7. The third kappa shape index (κ3) is 2.60. The highest BCUT2D eigenvalue weighted by atomic mass is 35.5. The molecule has 0 bridgehead atoms. The number of aromatic nitrogens is 2. The van der Waals surface area contributed by atoms with Crippen LogP contribution in [0.5, 0.6) is 5.75 Å². The Labute approximate surface area is 148 Å². The van der Waals surface area contributed by atoms with Crippen molar-refractivity contribution in [3.05, 3.63) is 70.9 Å². The van der Waals surface area contributed by atoms with Crippen molar-refractivity contribution >= 4 is 34.2 Å². The van der Waals surface area contributed by atoms with E-state index in [1.165, 1.54) is 0 Å². The maximum atomic E-state index is 9.52. The molecular formula is C18H14ClN3OS. The number of thioether (sulfide) groups is 1. The SMILES string of the molecule is CC1=Nc2c(cnn2-c2ccccc2Cl)[C@@H](c2ccc(O)cc2)S1.